The lowest BCUT2D eigenvalue weighted by Gasteiger charge is -2.22. The van der Waals surface area contributed by atoms with Gasteiger partial charge in [0.05, 0.1) is 18.5 Å². The molecular formula is C23H17ClN4O5S. The van der Waals surface area contributed by atoms with Gasteiger partial charge in [-0.25, -0.2) is 14.7 Å². The Kier molecular flexibility index (Phi) is 5.76. The zero-order valence-corrected chi connectivity index (χ0v) is 19.2. The van der Waals surface area contributed by atoms with Crippen LogP contribution in [0.5, 0.6) is 0 Å². The zero-order chi connectivity index (χ0) is 23.8. The molecule has 0 spiro atoms. The Labute approximate surface area is 202 Å². The summed E-state index contributed by atoms with van der Waals surface area (Å²) in [5.41, 5.74) is 1.41. The number of amides is 5. The number of furan rings is 1. The van der Waals surface area contributed by atoms with Crippen molar-refractivity contribution in [3.8, 4) is 0 Å². The second kappa shape index (κ2) is 8.88. The van der Waals surface area contributed by atoms with Crippen molar-refractivity contribution in [2.24, 2.45) is 5.10 Å². The summed E-state index contributed by atoms with van der Waals surface area (Å²) in [6.45, 7) is -0.637. The molecule has 4 heterocycles. The van der Waals surface area contributed by atoms with Gasteiger partial charge in [0.1, 0.15) is 18.3 Å². The number of imide groups is 2. The molecule has 2 aromatic heterocycles. The van der Waals surface area contributed by atoms with E-state index in [1.165, 1.54) is 22.6 Å². The normalized spacial score (nSPS) is 18.3. The SMILES string of the molecule is O=C1C(=O)N(Cc2cccs2)C(=O)N1CC(=O)N1N=C(c2ccc(Cl)cc2)C[C@H]1c1ccco1. The van der Waals surface area contributed by atoms with Crippen molar-refractivity contribution >= 4 is 52.4 Å². The van der Waals surface area contributed by atoms with Crippen molar-refractivity contribution in [1.82, 2.24) is 14.8 Å². The van der Waals surface area contributed by atoms with Gasteiger partial charge in [0.25, 0.3) is 5.91 Å². The number of urea groups is 1. The number of carbonyl (C=O) groups is 4. The molecule has 34 heavy (non-hydrogen) atoms. The first kappa shape index (κ1) is 22.1. The van der Waals surface area contributed by atoms with E-state index in [9.17, 15) is 19.2 Å². The van der Waals surface area contributed by atoms with Crippen molar-refractivity contribution < 1.29 is 23.6 Å². The minimum absolute atomic E-state index is 0.0244. The Hall–Kier alpha value is -3.76. The molecule has 0 unspecified atom stereocenters. The van der Waals surface area contributed by atoms with E-state index in [1.54, 1.807) is 48.5 Å². The number of rotatable bonds is 6. The van der Waals surface area contributed by atoms with Crippen LogP contribution < -0.4 is 0 Å². The first-order valence-electron chi connectivity index (χ1n) is 10.3. The Balaban J connectivity index is 1.38. The molecule has 5 amide bonds. The highest BCUT2D eigenvalue weighted by atomic mass is 35.5. The highest BCUT2D eigenvalue weighted by Crippen LogP contribution is 2.33. The van der Waals surface area contributed by atoms with Crippen LogP contribution in [0.3, 0.4) is 0 Å². The van der Waals surface area contributed by atoms with Gasteiger partial charge in [-0.1, -0.05) is 29.8 Å². The molecule has 2 aliphatic heterocycles. The lowest BCUT2D eigenvalue weighted by atomic mass is 10.0. The lowest BCUT2D eigenvalue weighted by Crippen LogP contribution is -2.41. The van der Waals surface area contributed by atoms with Gasteiger partial charge in [0.2, 0.25) is 0 Å². The third-order valence-electron chi connectivity index (χ3n) is 5.54. The Morgan fingerprint density at radius 2 is 1.82 bits per heavy atom. The minimum atomic E-state index is -1.04. The van der Waals surface area contributed by atoms with Gasteiger partial charge in [-0.05, 0) is 41.3 Å². The highest BCUT2D eigenvalue weighted by molar-refractivity contribution is 7.09. The Bertz CT molecular complexity index is 1290. The molecule has 0 aliphatic carbocycles. The fraction of sp³-hybridized carbons (Fsp3) is 0.174. The summed E-state index contributed by atoms with van der Waals surface area (Å²) < 4.78 is 5.51. The van der Waals surface area contributed by atoms with E-state index in [4.69, 9.17) is 16.0 Å². The number of benzene rings is 1. The molecule has 0 saturated carbocycles. The molecule has 172 valence electrons. The van der Waals surface area contributed by atoms with E-state index >= 15 is 0 Å². The molecule has 11 heteroatoms. The van der Waals surface area contributed by atoms with Crippen molar-refractivity contribution in [3.05, 3.63) is 81.4 Å². The molecule has 0 N–H and O–H groups in total. The number of carbonyl (C=O) groups excluding carboxylic acids is 4. The topological polar surface area (TPSA) is 104 Å². The number of hydrogen-bond acceptors (Lipinski definition) is 7. The van der Waals surface area contributed by atoms with Gasteiger partial charge >= 0.3 is 17.8 Å². The summed E-state index contributed by atoms with van der Waals surface area (Å²) in [4.78, 5) is 53.2. The maximum Gasteiger partial charge on any atom is 0.335 e. The molecule has 2 aliphatic rings. The molecular weight excluding hydrogens is 480 g/mol. The molecule has 1 fully saturated rings. The standard InChI is InChI=1S/C23H17ClN4O5S/c24-15-7-5-14(6-8-15)17-11-18(19-4-1-9-33-19)28(25-17)20(29)13-27-22(31)21(30)26(23(27)32)12-16-3-2-10-34-16/h1-10,18H,11-13H2/t18-/m0/s1. The van der Waals surface area contributed by atoms with Crippen LogP contribution >= 0.6 is 22.9 Å². The summed E-state index contributed by atoms with van der Waals surface area (Å²) in [6.07, 6.45) is 1.86. The van der Waals surface area contributed by atoms with Crippen LogP contribution in [0.25, 0.3) is 0 Å². The zero-order valence-electron chi connectivity index (χ0n) is 17.6. The predicted molar refractivity (Wildman–Crippen MR) is 123 cm³/mol. The summed E-state index contributed by atoms with van der Waals surface area (Å²) in [5, 5.41) is 8.05. The van der Waals surface area contributed by atoms with E-state index in [0.717, 1.165) is 15.3 Å². The molecule has 1 atom stereocenters. The number of nitrogens with zero attached hydrogens (tertiary/aromatic N) is 4. The maximum absolute atomic E-state index is 13.2. The fourth-order valence-electron chi connectivity index (χ4n) is 3.85. The number of hydrazone groups is 1. The van der Waals surface area contributed by atoms with E-state index < -0.39 is 36.3 Å². The van der Waals surface area contributed by atoms with Gasteiger partial charge in [-0.2, -0.15) is 5.10 Å². The molecule has 1 saturated heterocycles. The fourth-order valence-corrected chi connectivity index (χ4v) is 4.67. The third kappa shape index (κ3) is 4.02. The highest BCUT2D eigenvalue weighted by Gasteiger charge is 2.46. The van der Waals surface area contributed by atoms with Gasteiger partial charge in [-0.15, -0.1) is 11.3 Å². The summed E-state index contributed by atoms with van der Waals surface area (Å²) in [5.74, 6) is -2.10. The molecule has 9 nitrogen and oxygen atoms in total. The van der Waals surface area contributed by atoms with Gasteiger partial charge in [0, 0.05) is 16.3 Å². The average molecular weight is 497 g/mol. The first-order valence-corrected chi connectivity index (χ1v) is 11.6. The van der Waals surface area contributed by atoms with E-state index in [0.29, 0.717) is 27.8 Å². The Morgan fingerprint density at radius 1 is 1.06 bits per heavy atom. The first-order chi connectivity index (χ1) is 16.4. The van der Waals surface area contributed by atoms with Crippen molar-refractivity contribution in [2.45, 2.75) is 19.0 Å². The van der Waals surface area contributed by atoms with Crippen LogP contribution in [0.4, 0.5) is 4.79 Å². The monoisotopic (exact) mass is 496 g/mol. The second-order valence-corrected chi connectivity index (χ2v) is 9.14. The van der Waals surface area contributed by atoms with Crippen LogP contribution in [0, 0.1) is 0 Å². The summed E-state index contributed by atoms with van der Waals surface area (Å²) in [6, 6.07) is 12.6. The van der Waals surface area contributed by atoms with Crippen LogP contribution in [-0.4, -0.2) is 50.8 Å². The number of hydrogen-bond donors (Lipinski definition) is 0. The van der Waals surface area contributed by atoms with Crippen molar-refractivity contribution in [1.29, 1.82) is 0 Å². The van der Waals surface area contributed by atoms with Crippen LogP contribution in [-0.2, 0) is 20.9 Å². The van der Waals surface area contributed by atoms with E-state index in [1.807, 2.05) is 5.38 Å². The quantitative estimate of drug-likeness (QED) is 0.382. The third-order valence-corrected chi connectivity index (χ3v) is 6.65. The summed E-state index contributed by atoms with van der Waals surface area (Å²) in [7, 11) is 0. The average Bonchev–Trinajstić information content (AvgIpc) is 3.62. The minimum Gasteiger partial charge on any atom is -0.467 e. The van der Waals surface area contributed by atoms with E-state index in [2.05, 4.69) is 5.10 Å². The molecule has 0 radical (unpaired) electrons. The number of halogens is 1. The largest absolute Gasteiger partial charge is 0.467 e. The molecule has 0 bridgehead atoms. The molecule has 3 aromatic rings. The predicted octanol–water partition coefficient (Wildman–Crippen LogP) is 3.66. The smallest absolute Gasteiger partial charge is 0.335 e. The second-order valence-electron chi connectivity index (χ2n) is 7.67. The molecule has 1 aromatic carbocycles. The van der Waals surface area contributed by atoms with Crippen molar-refractivity contribution in [3.63, 3.8) is 0 Å². The molecule has 5 rings (SSSR count). The van der Waals surface area contributed by atoms with Crippen molar-refractivity contribution in [2.75, 3.05) is 6.54 Å². The van der Waals surface area contributed by atoms with Gasteiger partial charge in [-0.3, -0.25) is 19.3 Å². The van der Waals surface area contributed by atoms with E-state index in [-0.39, 0.29) is 6.54 Å². The van der Waals surface area contributed by atoms with Crippen LogP contribution in [0.15, 0.2) is 69.7 Å². The van der Waals surface area contributed by atoms with Gasteiger partial charge in [0.15, 0.2) is 0 Å². The van der Waals surface area contributed by atoms with Crippen LogP contribution in [0.2, 0.25) is 5.02 Å². The lowest BCUT2D eigenvalue weighted by molar-refractivity contribution is -0.145. The number of thiophene rings is 1. The van der Waals surface area contributed by atoms with Crippen LogP contribution in [0.1, 0.15) is 28.7 Å². The van der Waals surface area contributed by atoms with Gasteiger partial charge < -0.3 is 4.42 Å². The summed E-state index contributed by atoms with van der Waals surface area (Å²) >= 11 is 7.34. The maximum atomic E-state index is 13.2. The Morgan fingerprint density at radius 3 is 2.50 bits per heavy atom.